The van der Waals surface area contributed by atoms with Gasteiger partial charge in [0.25, 0.3) is 5.69 Å². The monoisotopic (exact) mass is 318 g/mol. The van der Waals surface area contributed by atoms with Gasteiger partial charge >= 0.3 is 0 Å². The molecule has 0 bridgehead atoms. The van der Waals surface area contributed by atoms with E-state index in [0.717, 1.165) is 6.07 Å². The van der Waals surface area contributed by atoms with Gasteiger partial charge in [-0.3, -0.25) is 10.1 Å². The number of rotatable bonds is 6. The predicted molar refractivity (Wildman–Crippen MR) is 66.5 cm³/mol. The summed E-state index contributed by atoms with van der Waals surface area (Å²) in [6.07, 6.45) is 0.474. The number of hydrogen-bond donors (Lipinski definition) is 1. The number of hydrogen-bond acceptors (Lipinski definition) is 5. The molecule has 0 atom stereocenters. The molecule has 0 saturated heterocycles. The molecule has 0 amide bonds. The zero-order chi connectivity index (χ0) is 13.1. The lowest BCUT2D eigenvalue weighted by atomic mass is 10.5. The molecule has 0 saturated carbocycles. The molecular formula is C7H8Cl2N2O4S2. The van der Waals surface area contributed by atoms with Crippen LogP contribution in [0.15, 0.2) is 10.3 Å². The lowest BCUT2D eigenvalue weighted by molar-refractivity contribution is -0.384. The molecule has 0 aliphatic heterocycles. The van der Waals surface area contributed by atoms with Crippen molar-refractivity contribution in [3.8, 4) is 0 Å². The van der Waals surface area contributed by atoms with Gasteiger partial charge in [0.2, 0.25) is 10.0 Å². The van der Waals surface area contributed by atoms with Crippen LogP contribution in [0.3, 0.4) is 0 Å². The van der Waals surface area contributed by atoms with Crippen molar-refractivity contribution in [1.29, 1.82) is 0 Å². The van der Waals surface area contributed by atoms with E-state index in [1.807, 2.05) is 0 Å². The fourth-order valence-electron chi connectivity index (χ4n) is 0.940. The Bertz CT molecular complexity index is 514. The molecule has 0 aliphatic carbocycles. The van der Waals surface area contributed by atoms with E-state index in [1.54, 1.807) is 0 Å². The van der Waals surface area contributed by atoms with Crippen molar-refractivity contribution in [3.05, 3.63) is 20.5 Å². The number of nitrogens with one attached hydrogen (secondary N) is 1. The summed E-state index contributed by atoms with van der Waals surface area (Å²) >= 11 is 11.6. The van der Waals surface area contributed by atoms with Gasteiger partial charge in [0.1, 0.15) is 4.21 Å². The molecule has 1 heterocycles. The van der Waals surface area contributed by atoms with Crippen LogP contribution in [0, 0.1) is 10.1 Å². The number of thiophene rings is 1. The molecular weight excluding hydrogens is 311 g/mol. The van der Waals surface area contributed by atoms with Gasteiger partial charge in [0.15, 0.2) is 4.34 Å². The van der Waals surface area contributed by atoms with E-state index in [-0.39, 0.29) is 15.1 Å². The van der Waals surface area contributed by atoms with Crippen LogP contribution in [0.1, 0.15) is 6.42 Å². The van der Waals surface area contributed by atoms with Crippen molar-refractivity contribution in [1.82, 2.24) is 4.72 Å². The van der Waals surface area contributed by atoms with Crippen molar-refractivity contribution in [2.75, 3.05) is 12.4 Å². The molecule has 1 aromatic heterocycles. The second-order valence-corrected chi connectivity index (χ2v) is 6.95. The minimum absolute atomic E-state index is 0.160. The summed E-state index contributed by atoms with van der Waals surface area (Å²) in [6.45, 7) is 0.176. The van der Waals surface area contributed by atoms with E-state index in [2.05, 4.69) is 4.72 Å². The van der Waals surface area contributed by atoms with Crippen molar-refractivity contribution in [2.24, 2.45) is 0 Å². The molecule has 0 unspecified atom stereocenters. The lowest BCUT2D eigenvalue weighted by Crippen LogP contribution is -2.24. The van der Waals surface area contributed by atoms with Gasteiger partial charge in [-0.2, -0.15) is 0 Å². The number of nitrogens with zero attached hydrogens (tertiary/aromatic N) is 1. The number of nitro groups is 1. The number of halogens is 2. The van der Waals surface area contributed by atoms with Crippen LogP contribution >= 0.6 is 34.5 Å². The second kappa shape index (κ2) is 5.96. The Morgan fingerprint density at radius 2 is 2.18 bits per heavy atom. The smallest absolute Gasteiger partial charge is 0.258 e. The highest BCUT2D eigenvalue weighted by atomic mass is 35.5. The Kier molecular flexibility index (Phi) is 5.14. The average Bonchev–Trinajstić information content (AvgIpc) is 2.61. The van der Waals surface area contributed by atoms with Crippen LogP contribution in [0.25, 0.3) is 0 Å². The highest BCUT2D eigenvalue weighted by molar-refractivity contribution is 7.91. The zero-order valence-corrected chi connectivity index (χ0v) is 11.5. The number of sulfonamides is 1. The normalized spacial score (nSPS) is 11.6. The summed E-state index contributed by atoms with van der Waals surface area (Å²) < 4.78 is 25.3. The number of alkyl halides is 1. The molecule has 0 aromatic carbocycles. The topological polar surface area (TPSA) is 89.3 Å². The highest BCUT2D eigenvalue weighted by Gasteiger charge is 2.24. The largest absolute Gasteiger partial charge is 0.300 e. The lowest BCUT2D eigenvalue weighted by Gasteiger charge is -2.01. The van der Waals surface area contributed by atoms with E-state index in [1.165, 1.54) is 0 Å². The van der Waals surface area contributed by atoms with Gasteiger partial charge in [0.05, 0.1) is 4.92 Å². The third kappa shape index (κ3) is 3.78. The van der Waals surface area contributed by atoms with Gasteiger partial charge in [-0.1, -0.05) is 11.6 Å². The van der Waals surface area contributed by atoms with Gasteiger partial charge in [-0.05, 0) is 6.42 Å². The van der Waals surface area contributed by atoms with Crippen molar-refractivity contribution < 1.29 is 13.3 Å². The molecule has 0 spiro atoms. The quantitative estimate of drug-likeness (QED) is 0.377. The fourth-order valence-corrected chi connectivity index (χ4v) is 3.86. The maximum absolute atomic E-state index is 11.7. The van der Waals surface area contributed by atoms with Gasteiger partial charge in [-0.15, -0.1) is 22.9 Å². The first-order valence-corrected chi connectivity index (χ1v) is 7.59. The minimum atomic E-state index is -3.75. The highest BCUT2D eigenvalue weighted by Crippen LogP contribution is 2.35. The Labute approximate surface area is 112 Å². The molecule has 0 radical (unpaired) electrons. The van der Waals surface area contributed by atoms with Crippen molar-refractivity contribution in [2.45, 2.75) is 10.6 Å². The predicted octanol–water partition coefficient (Wildman–Crippen LogP) is 2.22. The maximum atomic E-state index is 11.7. The van der Waals surface area contributed by atoms with Crippen LogP contribution in [0.5, 0.6) is 0 Å². The maximum Gasteiger partial charge on any atom is 0.300 e. The summed E-state index contributed by atoms with van der Waals surface area (Å²) in [5.41, 5.74) is -0.408. The summed E-state index contributed by atoms with van der Waals surface area (Å²) in [4.78, 5) is 9.79. The van der Waals surface area contributed by atoms with Crippen LogP contribution < -0.4 is 4.72 Å². The molecule has 0 fully saturated rings. The van der Waals surface area contributed by atoms with Crippen molar-refractivity contribution >= 4 is 50.2 Å². The van der Waals surface area contributed by atoms with E-state index in [0.29, 0.717) is 23.6 Å². The Morgan fingerprint density at radius 3 is 2.65 bits per heavy atom. The third-order valence-electron chi connectivity index (χ3n) is 1.71. The molecule has 0 aliphatic rings. The summed E-state index contributed by atoms with van der Waals surface area (Å²) in [5, 5.41) is 10.5. The summed E-state index contributed by atoms with van der Waals surface area (Å²) in [6, 6.07) is 0.941. The van der Waals surface area contributed by atoms with E-state index >= 15 is 0 Å². The van der Waals surface area contributed by atoms with E-state index in [4.69, 9.17) is 23.2 Å². The first-order valence-electron chi connectivity index (χ1n) is 4.38. The standard InChI is InChI=1S/C7H8Cl2N2O4S2/c8-2-1-3-10-17(14,15)6-4-5(11(12)13)7(9)16-6/h4,10H,1-3H2. The molecule has 17 heavy (non-hydrogen) atoms. The Hall–Kier alpha value is -0.410. The van der Waals surface area contributed by atoms with Gasteiger partial charge in [0, 0.05) is 18.5 Å². The average molecular weight is 319 g/mol. The Balaban J connectivity index is 2.92. The van der Waals surface area contributed by atoms with Crippen LogP contribution in [-0.2, 0) is 10.0 Å². The van der Waals surface area contributed by atoms with E-state index < -0.39 is 20.6 Å². The zero-order valence-electron chi connectivity index (χ0n) is 8.35. The molecule has 10 heteroatoms. The van der Waals surface area contributed by atoms with Gasteiger partial charge < -0.3 is 0 Å². The molecule has 1 N–H and O–H groups in total. The summed E-state index contributed by atoms with van der Waals surface area (Å²) in [7, 11) is -3.75. The first-order chi connectivity index (χ1) is 7.88. The second-order valence-electron chi connectivity index (χ2n) is 2.92. The SMILES string of the molecule is O=[N+]([O-])c1cc(S(=O)(=O)NCCCCl)sc1Cl. The summed E-state index contributed by atoms with van der Waals surface area (Å²) in [5.74, 6) is 0.327. The van der Waals surface area contributed by atoms with Crippen LogP contribution in [0.4, 0.5) is 5.69 Å². The van der Waals surface area contributed by atoms with E-state index in [9.17, 15) is 18.5 Å². The van der Waals surface area contributed by atoms with Crippen LogP contribution in [-0.4, -0.2) is 25.8 Å². The Morgan fingerprint density at radius 1 is 1.53 bits per heavy atom. The first kappa shape index (κ1) is 14.7. The molecule has 1 rings (SSSR count). The minimum Gasteiger partial charge on any atom is -0.258 e. The molecule has 1 aromatic rings. The van der Waals surface area contributed by atoms with Crippen molar-refractivity contribution in [3.63, 3.8) is 0 Å². The van der Waals surface area contributed by atoms with Gasteiger partial charge in [-0.25, -0.2) is 13.1 Å². The molecule has 6 nitrogen and oxygen atoms in total. The fraction of sp³-hybridized carbons (Fsp3) is 0.429. The van der Waals surface area contributed by atoms with Crippen LogP contribution in [0.2, 0.25) is 4.34 Å². The molecule has 96 valence electrons. The third-order valence-corrected chi connectivity index (χ3v) is 5.25.